The molecule has 0 aliphatic carbocycles. The van der Waals surface area contributed by atoms with Crippen LogP contribution >= 0.6 is 15.9 Å². The van der Waals surface area contributed by atoms with E-state index in [9.17, 15) is 0 Å². The monoisotopic (exact) mass is 303 g/mol. The van der Waals surface area contributed by atoms with E-state index < -0.39 is 0 Å². The van der Waals surface area contributed by atoms with Crippen LogP contribution in [0.2, 0.25) is 0 Å². The van der Waals surface area contributed by atoms with Crippen molar-refractivity contribution in [2.45, 2.75) is 26.8 Å². The third-order valence-corrected chi connectivity index (χ3v) is 3.38. The Morgan fingerprint density at radius 3 is 3.00 bits per heavy atom. The van der Waals surface area contributed by atoms with E-state index in [0.29, 0.717) is 5.92 Å². The zero-order chi connectivity index (χ0) is 12.7. The van der Waals surface area contributed by atoms with Crippen molar-refractivity contribution in [1.82, 2.24) is 15.1 Å². The molecule has 1 N–H and O–H groups in total. The molecule has 0 aliphatic heterocycles. The van der Waals surface area contributed by atoms with Crippen molar-refractivity contribution in [3.05, 3.63) is 16.4 Å². The molecule has 0 aromatic carbocycles. The van der Waals surface area contributed by atoms with Crippen LogP contribution in [0.1, 0.15) is 19.5 Å². The van der Waals surface area contributed by atoms with Crippen LogP contribution in [0.5, 0.6) is 0 Å². The van der Waals surface area contributed by atoms with Crippen molar-refractivity contribution < 1.29 is 4.74 Å². The van der Waals surface area contributed by atoms with Gasteiger partial charge in [0, 0.05) is 20.2 Å². The third-order valence-electron chi connectivity index (χ3n) is 2.71. The predicted molar refractivity (Wildman–Crippen MR) is 73.2 cm³/mol. The number of aromatic nitrogens is 2. The summed E-state index contributed by atoms with van der Waals surface area (Å²) in [4.78, 5) is 0. The van der Waals surface area contributed by atoms with E-state index in [1.807, 2.05) is 6.20 Å². The number of aryl methyl sites for hydroxylation is 1. The number of rotatable bonds is 8. The van der Waals surface area contributed by atoms with Crippen LogP contribution in [0.25, 0.3) is 0 Å². The highest BCUT2D eigenvalue weighted by Gasteiger charge is 2.11. The third kappa shape index (κ3) is 4.77. The van der Waals surface area contributed by atoms with Gasteiger partial charge in [0.05, 0.1) is 23.0 Å². The molecule has 0 saturated heterocycles. The molecule has 4 nitrogen and oxygen atoms in total. The predicted octanol–water partition coefficient (Wildman–Crippen LogP) is 2.08. The SMILES string of the molecule is CCn1ncc(Br)c1CC(C)CNCCOC. The van der Waals surface area contributed by atoms with Gasteiger partial charge in [-0.15, -0.1) is 0 Å². The molecule has 0 aliphatic rings. The normalized spacial score (nSPS) is 12.9. The smallest absolute Gasteiger partial charge is 0.0635 e. The highest BCUT2D eigenvalue weighted by molar-refractivity contribution is 9.10. The maximum atomic E-state index is 5.00. The maximum absolute atomic E-state index is 5.00. The Balaban J connectivity index is 2.39. The number of ether oxygens (including phenoxy) is 1. The molecule has 0 radical (unpaired) electrons. The van der Waals surface area contributed by atoms with E-state index in [1.54, 1.807) is 7.11 Å². The Labute approximate surface area is 112 Å². The van der Waals surface area contributed by atoms with Crippen LogP contribution in [0.15, 0.2) is 10.7 Å². The van der Waals surface area contributed by atoms with Gasteiger partial charge in [-0.3, -0.25) is 4.68 Å². The Hall–Kier alpha value is -0.390. The zero-order valence-electron chi connectivity index (χ0n) is 10.9. The molecule has 0 amide bonds. The first-order valence-electron chi connectivity index (χ1n) is 6.08. The number of hydrogen-bond acceptors (Lipinski definition) is 3. The van der Waals surface area contributed by atoms with Crippen molar-refractivity contribution in [2.24, 2.45) is 5.92 Å². The molecule has 1 aromatic heterocycles. The topological polar surface area (TPSA) is 39.1 Å². The quantitative estimate of drug-likeness (QED) is 0.747. The molecule has 1 heterocycles. The molecule has 98 valence electrons. The summed E-state index contributed by atoms with van der Waals surface area (Å²) in [5, 5.41) is 7.71. The summed E-state index contributed by atoms with van der Waals surface area (Å²) in [6.45, 7) is 7.97. The summed E-state index contributed by atoms with van der Waals surface area (Å²) < 4.78 is 8.17. The first-order chi connectivity index (χ1) is 8.19. The van der Waals surface area contributed by atoms with Crippen LogP contribution in [0.4, 0.5) is 0 Å². The highest BCUT2D eigenvalue weighted by Crippen LogP contribution is 2.19. The second kappa shape index (κ2) is 7.84. The van der Waals surface area contributed by atoms with Crippen LogP contribution in [-0.2, 0) is 17.7 Å². The molecule has 0 fully saturated rings. The van der Waals surface area contributed by atoms with Gasteiger partial charge in [0.2, 0.25) is 0 Å². The highest BCUT2D eigenvalue weighted by atomic mass is 79.9. The van der Waals surface area contributed by atoms with Crippen LogP contribution in [0, 0.1) is 5.92 Å². The van der Waals surface area contributed by atoms with E-state index >= 15 is 0 Å². The van der Waals surface area contributed by atoms with Gasteiger partial charge in [-0.2, -0.15) is 5.10 Å². The van der Waals surface area contributed by atoms with Gasteiger partial charge in [-0.1, -0.05) is 6.92 Å². The van der Waals surface area contributed by atoms with Crippen molar-refractivity contribution in [3.63, 3.8) is 0 Å². The summed E-state index contributed by atoms with van der Waals surface area (Å²) in [5.41, 5.74) is 1.29. The molecule has 0 saturated carbocycles. The molecular formula is C12H22BrN3O. The fourth-order valence-corrected chi connectivity index (χ4v) is 2.25. The Morgan fingerprint density at radius 2 is 2.35 bits per heavy atom. The first kappa shape index (κ1) is 14.7. The second-order valence-electron chi connectivity index (χ2n) is 4.26. The van der Waals surface area contributed by atoms with Crippen molar-refractivity contribution in [2.75, 3.05) is 26.8 Å². The lowest BCUT2D eigenvalue weighted by Crippen LogP contribution is -2.26. The van der Waals surface area contributed by atoms with Gasteiger partial charge in [-0.25, -0.2) is 0 Å². The average molecular weight is 304 g/mol. The van der Waals surface area contributed by atoms with Gasteiger partial charge in [0.1, 0.15) is 0 Å². The minimum absolute atomic E-state index is 0.588. The number of hydrogen-bond donors (Lipinski definition) is 1. The van der Waals surface area contributed by atoms with Crippen LogP contribution < -0.4 is 5.32 Å². The summed E-state index contributed by atoms with van der Waals surface area (Å²) >= 11 is 3.56. The van der Waals surface area contributed by atoms with Crippen LogP contribution in [0.3, 0.4) is 0 Å². The minimum Gasteiger partial charge on any atom is -0.383 e. The van der Waals surface area contributed by atoms with E-state index in [2.05, 4.69) is 44.9 Å². The molecule has 1 aromatic rings. The fraction of sp³-hybridized carbons (Fsp3) is 0.750. The number of nitrogens with one attached hydrogen (secondary N) is 1. The zero-order valence-corrected chi connectivity index (χ0v) is 12.5. The molecule has 1 atom stereocenters. The molecule has 0 bridgehead atoms. The number of halogens is 1. The van der Waals surface area contributed by atoms with Gasteiger partial charge in [0.25, 0.3) is 0 Å². The Bertz CT molecular complexity index is 328. The molecule has 1 rings (SSSR count). The van der Waals surface area contributed by atoms with Crippen LogP contribution in [-0.4, -0.2) is 36.6 Å². The Kier molecular flexibility index (Phi) is 6.77. The second-order valence-corrected chi connectivity index (χ2v) is 5.12. The van der Waals surface area contributed by atoms with Gasteiger partial charge in [0.15, 0.2) is 0 Å². The number of methoxy groups -OCH3 is 1. The summed E-state index contributed by atoms with van der Waals surface area (Å²) in [6, 6.07) is 0. The molecule has 5 heteroatoms. The minimum atomic E-state index is 0.588. The standard InChI is InChI=1S/C12H22BrN3O/c1-4-16-12(11(13)9-15-16)7-10(2)8-14-5-6-17-3/h9-10,14H,4-8H2,1-3H3. The van der Waals surface area contributed by atoms with E-state index in [1.165, 1.54) is 5.69 Å². The average Bonchev–Trinajstić information content (AvgIpc) is 2.66. The molecular weight excluding hydrogens is 282 g/mol. The lowest BCUT2D eigenvalue weighted by atomic mass is 10.1. The van der Waals surface area contributed by atoms with E-state index in [-0.39, 0.29) is 0 Å². The van der Waals surface area contributed by atoms with Gasteiger partial charge < -0.3 is 10.1 Å². The molecule has 0 spiro atoms. The van der Waals surface area contributed by atoms with Crippen molar-refractivity contribution in [1.29, 1.82) is 0 Å². The first-order valence-corrected chi connectivity index (χ1v) is 6.88. The maximum Gasteiger partial charge on any atom is 0.0635 e. The fourth-order valence-electron chi connectivity index (χ4n) is 1.79. The van der Waals surface area contributed by atoms with Gasteiger partial charge >= 0.3 is 0 Å². The summed E-state index contributed by atoms with van der Waals surface area (Å²) in [6.07, 6.45) is 2.91. The number of nitrogens with zero attached hydrogens (tertiary/aromatic N) is 2. The summed E-state index contributed by atoms with van der Waals surface area (Å²) in [5.74, 6) is 0.588. The molecule has 1 unspecified atom stereocenters. The van der Waals surface area contributed by atoms with Gasteiger partial charge in [-0.05, 0) is 41.7 Å². The van der Waals surface area contributed by atoms with E-state index in [4.69, 9.17) is 4.74 Å². The Morgan fingerprint density at radius 1 is 1.59 bits per heavy atom. The lowest BCUT2D eigenvalue weighted by molar-refractivity contribution is 0.198. The lowest BCUT2D eigenvalue weighted by Gasteiger charge is -2.13. The largest absolute Gasteiger partial charge is 0.383 e. The van der Waals surface area contributed by atoms with Crippen molar-refractivity contribution in [3.8, 4) is 0 Å². The summed E-state index contributed by atoms with van der Waals surface area (Å²) in [7, 11) is 1.72. The van der Waals surface area contributed by atoms with E-state index in [0.717, 1.165) is 37.1 Å². The molecule has 17 heavy (non-hydrogen) atoms. The van der Waals surface area contributed by atoms with Crippen molar-refractivity contribution >= 4 is 15.9 Å².